The number of hydrogen-bond acceptors (Lipinski definition) is 12. The molecule has 2 heterocycles. The predicted molar refractivity (Wildman–Crippen MR) is 198 cm³/mol. The van der Waals surface area contributed by atoms with E-state index >= 15 is 0 Å². The number of rotatable bonds is 7. The maximum absolute atomic E-state index is 13.1. The molecule has 18 atom stereocenters. The van der Waals surface area contributed by atoms with Gasteiger partial charge in [0.1, 0.15) is 48.8 Å². The Kier molecular flexibility index (Phi) is 10.8. The van der Waals surface area contributed by atoms with Gasteiger partial charge >= 0.3 is 5.97 Å². The first-order chi connectivity index (χ1) is 25.6. The van der Waals surface area contributed by atoms with E-state index in [1.54, 1.807) is 0 Å². The lowest BCUT2D eigenvalue weighted by Gasteiger charge is -2.71. The van der Waals surface area contributed by atoms with Crippen molar-refractivity contribution in [2.75, 3.05) is 13.2 Å². The second-order valence-corrected chi connectivity index (χ2v) is 20.7. The molecule has 4 saturated carbocycles. The number of hydrogen-bond donors (Lipinski definition) is 8. The smallest absolute Gasteiger partial charge is 0.310 e. The molecule has 5 aliphatic carbocycles. The minimum atomic E-state index is -1.75. The first-order valence-electron chi connectivity index (χ1n) is 20.8. The molecule has 13 nitrogen and oxygen atoms in total. The van der Waals surface area contributed by atoms with Crippen LogP contribution < -0.4 is 0 Å². The van der Waals surface area contributed by atoms with Gasteiger partial charge in [-0.3, -0.25) is 4.79 Å². The molecule has 314 valence electrons. The van der Waals surface area contributed by atoms with E-state index in [0.29, 0.717) is 18.8 Å². The second-order valence-electron chi connectivity index (χ2n) is 20.7. The topological polar surface area (TPSA) is 216 Å². The molecule has 1 unspecified atom stereocenters. The minimum absolute atomic E-state index is 0.0240. The van der Waals surface area contributed by atoms with E-state index in [4.69, 9.17) is 18.9 Å². The molecule has 2 saturated heterocycles. The van der Waals surface area contributed by atoms with Crippen LogP contribution in [0.1, 0.15) is 113 Å². The Labute approximate surface area is 325 Å². The van der Waals surface area contributed by atoms with E-state index in [2.05, 4.69) is 54.5 Å². The molecule has 8 N–H and O–H groups in total. The first kappa shape index (κ1) is 41.9. The van der Waals surface area contributed by atoms with Crippen molar-refractivity contribution in [2.45, 2.75) is 180 Å². The van der Waals surface area contributed by atoms with Crippen LogP contribution in [0.5, 0.6) is 0 Å². The van der Waals surface area contributed by atoms with Crippen LogP contribution in [0.15, 0.2) is 11.6 Å². The Morgan fingerprint density at radius 1 is 0.727 bits per heavy atom. The maximum Gasteiger partial charge on any atom is 0.310 e. The van der Waals surface area contributed by atoms with Gasteiger partial charge in [-0.05, 0) is 109 Å². The summed E-state index contributed by atoms with van der Waals surface area (Å²) < 4.78 is 24.4. The third kappa shape index (κ3) is 6.23. The lowest BCUT2D eigenvalue weighted by atomic mass is 9.33. The fraction of sp³-hybridized carbons (Fsp3) is 0.929. The summed E-state index contributed by atoms with van der Waals surface area (Å²) in [5.74, 6) is 0.0181. The zero-order valence-electron chi connectivity index (χ0n) is 33.8. The molecule has 7 aliphatic rings. The standard InChI is InChI=1S/C42H68O13/c1-37(2)14-16-42(36(50)51)17-15-40(6)21(22(42)18-37)8-9-26-39(5)12-11-27(38(3,4)25(39)10-13-41(26,40)7)54-35-33(31(48)29(46)24(20-44)53-35)55-34-32(49)30(47)28(45)23(19-43)52-34/h8,22-35,43-49H,9-20H2,1-7H3,(H,50,51)/t22-,23+,24+,25-,26+,27?,28+,29+,30-,31-,32+,33+,34-,35-,39-,40+,41+,42-/m0/s1. The van der Waals surface area contributed by atoms with E-state index < -0.39 is 91.4 Å². The van der Waals surface area contributed by atoms with Crippen LogP contribution in [-0.2, 0) is 23.7 Å². The fourth-order valence-electron chi connectivity index (χ4n) is 13.7. The Morgan fingerprint density at radius 3 is 1.98 bits per heavy atom. The molecule has 0 aromatic carbocycles. The normalized spacial score (nSPS) is 53.2. The number of allylic oxidation sites excluding steroid dienone is 2. The number of ether oxygens (including phenoxy) is 4. The monoisotopic (exact) mass is 780 g/mol. The highest BCUT2D eigenvalue weighted by molar-refractivity contribution is 5.76. The number of fused-ring (bicyclic) bond motifs is 7. The molecule has 0 bridgehead atoms. The summed E-state index contributed by atoms with van der Waals surface area (Å²) in [6, 6.07) is 0. The minimum Gasteiger partial charge on any atom is -0.481 e. The van der Waals surface area contributed by atoms with Crippen molar-refractivity contribution in [3.8, 4) is 0 Å². The van der Waals surface area contributed by atoms with Crippen molar-refractivity contribution in [3.05, 3.63) is 11.6 Å². The summed E-state index contributed by atoms with van der Waals surface area (Å²) in [6.07, 6.45) is -4.41. The lowest BCUT2D eigenvalue weighted by Crippen LogP contribution is -2.67. The number of carboxylic acids is 1. The number of aliphatic carboxylic acids is 1. The summed E-state index contributed by atoms with van der Waals surface area (Å²) >= 11 is 0. The highest BCUT2D eigenvalue weighted by atomic mass is 16.8. The lowest BCUT2D eigenvalue weighted by molar-refractivity contribution is -0.378. The molecule has 2 aliphatic heterocycles. The quantitative estimate of drug-likeness (QED) is 0.138. The van der Waals surface area contributed by atoms with Gasteiger partial charge in [-0.2, -0.15) is 0 Å². The maximum atomic E-state index is 13.1. The highest BCUT2D eigenvalue weighted by Crippen LogP contribution is 2.76. The molecule has 0 aromatic rings. The van der Waals surface area contributed by atoms with Crippen LogP contribution in [-0.4, -0.2) is 128 Å². The van der Waals surface area contributed by atoms with Crippen molar-refractivity contribution in [2.24, 2.45) is 50.2 Å². The van der Waals surface area contributed by atoms with Gasteiger partial charge in [0.25, 0.3) is 0 Å². The first-order valence-corrected chi connectivity index (χ1v) is 20.8. The van der Waals surface area contributed by atoms with Crippen molar-refractivity contribution < 1.29 is 64.6 Å². The van der Waals surface area contributed by atoms with Crippen LogP contribution in [0.2, 0.25) is 0 Å². The number of carboxylic acid groups (broad SMARTS) is 1. The van der Waals surface area contributed by atoms with Crippen LogP contribution in [0.3, 0.4) is 0 Å². The zero-order valence-corrected chi connectivity index (χ0v) is 33.8. The Bertz CT molecular complexity index is 1480. The van der Waals surface area contributed by atoms with Gasteiger partial charge in [0.15, 0.2) is 12.6 Å². The average molecular weight is 781 g/mol. The highest BCUT2D eigenvalue weighted by Gasteiger charge is 2.69. The van der Waals surface area contributed by atoms with Gasteiger partial charge < -0.3 is 59.8 Å². The Hall–Kier alpha value is -1.23. The van der Waals surface area contributed by atoms with Gasteiger partial charge in [0.2, 0.25) is 0 Å². The Balaban J connectivity index is 1.15. The van der Waals surface area contributed by atoms with Crippen molar-refractivity contribution in [3.63, 3.8) is 0 Å². The molecule has 0 radical (unpaired) electrons. The molecule has 0 spiro atoms. The largest absolute Gasteiger partial charge is 0.481 e. The summed E-state index contributed by atoms with van der Waals surface area (Å²) in [6.45, 7) is 15.1. The molecule has 0 amide bonds. The molecule has 6 fully saturated rings. The van der Waals surface area contributed by atoms with E-state index in [1.165, 1.54) is 5.57 Å². The van der Waals surface area contributed by atoms with E-state index in [0.717, 1.165) is 51.4 Å². The number of carbonyl (C=O) groups is 1. The van der Waals surface area contributed by atoms with Gasteiger partial charge in [-0.1, -0.05) is 60.1 Å². The summed E-state index contributed by atoms with van der Waals surface area (Å²) in [5, 5.41) is 84.1. The molecule has 7 rings (SSSR count). The van der Waals surface area contributed by atoms with Crippen molar-refractivity contribution in [1.82, 2.24) is 0 Å². The predicted octanol–water partition coefficient (Wildman–Crippen LogP) is 2.88. The van der Waals surface area contributed by atoms with Gasteiger partial charge in [-0.25, -0.2) is 0 Å². The van der Waals surface area contributed by atoms with Crippen LogP contribution in [0.4, 0.5) is 0 Å². The third-order valence-corrected chi connectivity index (χ3v) is 17.3. The van der Waals surface area contributed by atoms with Crippen molar-refractivity contribution >= 4 is 5.97 Å². The Morgan fingerprint density at radius 2 is 1.35 bits per heavy atom. The number of aliphatic hydroxyl groups is 7. The SMILES string of the molecule is CC1(C)CC[C@]2(C(=O)O)CC[C@]3(C)C(=CC[C@@H]4[C@@]5(C)CCC(O[C@@H]6O[C@H](CO)[C@@H](O)[C@H](O)[C@H]6O[C@@H]6O[C@H](CO)[C@@H](O)[C@H](O)[C@H]6O)C(C)(C)[C@@H]5CC[C@]43C)[C@@H]2C1. The average Bonchev–Trinajstić information content (AvgIpc) is 3.12. The van der Waals surface area contributed by atoms with Gasteiger partial charge in [0, 0.05) is 0 Å². The molecule has 55 heavy (non-hydrogen) atoms. The van der Waals surface area contributed by atoms with E-state index in [9.17, 15) is 45.6 Å². The second kappa shape index (κ2) is 14.2. The van der Waals surface area contributed by atoms with Crippen LogP contribution in [0.25, 0.3) is 0 Å². The van der Waals surface area contributed by atoms with Crippen LogP contribution >= 0.6 is 0 Å². The van der Waals surface area contributed by atoms with E-state index in [1.807, 2.05) is 0 Å². The fourth-order valence-corrected chi connectivity index (χ4v) is 13.7. The zero-order chi connectivity index (χ0) is 40.3. The summed E-state index contributed by atoms with van der Waals surface area (Å²) in [7, 11) is 0. The number of aliphatic hydroxyl groups excluding tert-OH is 7. The van der Waals surface area contributed by atoms with Gasteiger partial charge in [-0.15, -0.1) is 0 Å². The molecule has 0 aromatic heterocycles. The summed E-state index contributed by atoms with van der Waals surface area (Å²) in [4.78, 5) is 13.1. The van der Waals surface area contributed by atoms with Crippen molar-refractivity contribution in [1.29, 1.82) is 0 Å². The van der Waals surface area contributed by atoms with E-state index in [-0.39, 0.29) is 39.6 Å². The third-order valence-electron chi connectivity index (χ3n) is 17.3. The molecular formula is C42H68O13. The van der Waals surface area contributed by atoms with Crippen LogP contribution in [0, 0.1) is 50.2 Å². The van der Waals surface area contributed by atoms with Gasteiger partial charge in [0.05, 0.1) is 24.7 Å². The summed E-state index contributed by atoms with van der Waals surface area (Å²) in [5.41, 5.74) is 0.210. The molecular weight excluding hydrogens is 712 g/mol. The molecule has 13 heteroatoms.